The number of hydrogen-bond acceptors (Lipinski definition) is 6. The molecule has 1 N–H and O–H groups in total. The van der Waals surface area contributed by atoms with Gasteiger partial charge in [-0.15, -0.1) is 0 Å². The van der Waals surface area contributed by atoms with Crippen LogP contribution in [-0.4, -0.2) is 71.2 Å². The Morgan fingerprint density at radius 3 is 2.19 bits per heavy atom. The highest BCUT2D eigenvalue weighted by atomic mass is 32.2. The second kappa shape index (κ2) is 9.49. The minimum Gasteiger partial charge on any atom is -0.379 e. The van der Waals surface area contributed by atoms with Crippen molar-refractivity contribution in [1.29, 1.82) is 0 Å². The summed E-state index contributed by atoms with van der Waals surface area (Å²) >= 11 is 0. The van der Waals surface area contributed by atoms with E-state index in [9.17, 15) is 22.0 Å². The second-order valence-electron chi connectivity index (χ2n) is 7.38. The van der Waals surface area contributed by atoms with Crippen LogP contribution in [0.5, 0.6) is 0 Å². The zero-order chi connectivity index (χ0) is 22.7. The van der Waals surface area contributed by atoms with Crippen molar-refractivity contribution < 1.29 is 31.5 Å². The van der Waals surface area contributed by atoms with Gasteiger partial charge >= 0.3 is 0 Å². The number of sulfonamides is 1. The number of rotatable bonds is 5. The highest BCUT2D eigenvalue weighted by Gasteiger charge is 2.29. The predicted molar refractivity (Wildman–Crippen MR) is 113 cm³/mol. The molecule has 0 aromatic heterocycles. The average molecular weight is 467 g/mol. The van der Waals surface area contributed by atoms with Crippen LogP contribution in [-0.2, 0) is 19.5 Å². The number of nitrogens with one attached hydrogen (secondary N) is 1. The molecule has 2 aliphatic heterocycles. The second-order valence-corrected chi connectivity index (χ2v) is 9.32. The molecule has 2 aromatic rings. The van der Waals surface area contributed by atoms with Crippen molar-refractivity contribution in [3.8, 4) is 0 Å². The summed E-state index contributed by atoms with van der Waals surface area (Å²) in [7, 11) is -3.83. The summed E-state index contributed by atoms with van der Waals surface area (Å²) in [4.78, 5) is 15.0. The molecule has 0 radical (unpaired) electrons. The SMILES string of the molecule is O=C(Nc1ccc(F)c(F)c1)c1cc(S(=O)(=O)N2CCOCC2)ccc1N1CCOCC1. The van der Waals surface area contributed by atoms with Gasteiger partial charge in [-0.25, -0.2) is 17.2 Å². The third-order valence-corrected chi connectivity index (χ3v) is 7.24. The van der Waals surface area contributed by atoms with E-state index >= 15 is 0 Å². The number of carbonyl (C=O) groups is 1. The van der Waals surface area contributed by atoms with E-state index in [4.69, 9.17) is 9.47 Å². The van der Waals surface area contributed by atoms with Gasteiger partial charge in [-0.1, -0.05) is 0 Å². The first kappa shape index (κ1) is 22.6. The van der Waals surface area contributed by atoms with Crippen molar-refractivity contribution in [3.63, 3.8) is 0 Å². The van der Waals surface area contributed by atoms with Gasteiger partial charge in [-0.05, 0) is 30.3 Å². The molecular formula is C21H23F2N3O5S. The number of benzene rings is 2. The topological polar surface area (TPSA) is 88.2 Å². The van der Waals surface area contributed by atoms with Gasteiger partial charge in [0.2, 0.25) is 10.0 Å². The Kier molecular flexibility index (Phi) is 6.70. The first-order chi connectivity index (χ1) is 15.4. The van der Waals surface area contributed by atoms with Crippen LogP contribution in [0.4, 0.5) is 20.2 Å². The fraction of sp³-hybridized carbons (Fsp3) is 0.381. The summed E-state index contributed by atoms with van der Waals surface area (Å²) in [5.74, 6) is -2.76. The van der Waals surface area contributed by atoms with Crippen molar-refractivity contribution in [2.24, 2.45) is 0 Å². The first-order valence-electron chi connectivity index (χ1n) is 10.2. The standard InChI is InChI=1S/C21H23F2N3O5S/c22-18-3-1-15(13-19(18)23)24-21(27)17-14-16(32(28,29)26-7-11-31-12-8-26)2-4-20(17)25-5-9-30-10-6-25/h1-4,13-14H,5-12H2,(H,24,27). The lowest BCUT2D eigenvalue weighted by Crippen LogP contribution is -2.41. The highest BCUT2D eigenvalue weighted by molar-refractivity contribution is 7.89. The summed E-state index contributed by atoms with van der Waals surface area (Å²) in [5.41, 5.74) is 0.712. The minimum atomic E-state index is -3.83. The normalized spacial score (nSPS) is 17.9. The van der Waals surface area contributed by atoms with E-state index in [2.05, 4.69) is 5.32 Å². The van der Waals surface area contributed by atoms with Gasteiger partial charge in [0.25, 0.3) is 5.91 Å². The molecule has 4 rings (SSSR count). The molecule has 0 bridgehead atoms. The number of halogens is 2. The number of amides is 1. The van der Waals surface area contributed by atoms with Crippen LogP contribution in [0.15, 0.2) is 41.3 Å². The molecule has 0 atom stereocenters. The number of hydrogen-bond donors (Lipinski definition) is 1. The zero-order valence-electron chi connectivity index (χ0n) is 17.2. The molecule has 0 saturated carbocycles. The average Bonchev–Trinajstić information content (AvgIpc) is 2.82. The van der Waals surface area contributed by atoms with E-state index < -0.39 is 27.6 Å². The molecule has 2 fully saturated rings. The van der Waals surface area contributed by atoms with Gasteiger partial charge in [0.15, 0.2) is 11.6 Å². The molecule has 0 spiro atoms. The summed E-state index contributed by atoms with van der Waals surface area (Å²) < 4.78 is 64.9. The molecule has 2 heterocycles. The molecule has 2 aromatic carbocycles. The van der Waals surface area contributed by atoms with Gasteiger partial charge in [0.05, 0.1) is 36.9 Å². The number of ether oxygens (including phenoxy) is 2. The van der Waals surface area contributed by atoms with Crippen molar-refractivity contribution in [1.82, 2.24) is 4.31 Å². The Hall–Kier alpha value is -2.60. The fourth-order valence-corrected chi connectivity index (χ4v) is 5.08. The van der Waals surface area contributed by atoms with Gasteiger partial charge in [-0.3, -0.25) is 4.79 Å². The van der Waals surface area contributed by atoms with E-state index in [0.29, 0.717) is 45.2 Å². The predicted octanol–water partition coefficient (Wildman–Crippen LogP) is 2.07. The Bertz CT molecular complexity index is 1100. The third-order valence-electron chi connectivity index (χ3n) is 5.35. The maximum Gasteiger partial charge on any atom is 0.257 e. The summed E-state index contributed by atoms with van der Waals surface area (Å²) in [6, 6.07) is 7.41. The quantitative estimate of drug-likeness (QED) is 0.725. The van der Waals surface area contributed by atoms with Crippen LogP contribution in [0.2, 0.25) is 0 Å². The molecule has 0 aliphatic carbocycles. The van der Waals surface area contributed by atoms with Crippen molar-refractivity contribution in [2.75, 3.05) is 62.8 Å². The lowest BCUT2D eigenvalue weighted by atomic mass is 10.1. The molecule has 172 valence electrons. The van der Waals surface area contributed by atoms with Crippen LogP contribution in [0.1, 0.15) is 10.4 Å². The van der Waals surface area contributed by atoms with Gasteiger partial charge < -0.3 is 19.7 Å². The summed E-state index contributed by atoms with van der Waals surface area (Å²) in [5, 5.41) is 2.53. The molecule has 8 nitrogen and oxygen atoms in total. The lowest BCUT2D eigenvalue weighted by molar-refractivity contribution is 0.0730. The molecule has 1 amide bonds. The number of anilines is 2. The van der Waals surface area contributed by atoms with Gasteiger partial charge in [0.1, 0.15) is 0 Å². The molecule has 2 aliphatic rings. The van der Waals surface area contributed by atoms with Gasteiger partial charge in [0, 0.05) is 43.6 Å². The van der Waals surface area contributed by atoms with Crippen molar-refractivity contribution in [2.45, 2.75) is 4.90 Å². The highest BCUT2D eigenvalue weighted by Crippen LogP contribution is 2.28. The monoisotopic (exact) mass is 467 g/mol. The molecule has 32 heavy (non-hydrogen) atoms. The minimum absolute atomic E-state index is 0.0214. The maximum atomic E-state index is 13.6. The molecule has 11 heteroatoms. The Labute approximate surface area is 184 Å². The van der Waals surface area contributed by atoms with Crippen LogP contribution >= 0.6 is 0 Å². The van der Waals surface area contributed by atoms with Crippen LogP contribution in [0.3, 0.4) is 0 Å². The molecular weight excluding hydrogens is 444 g/mol. The van der Waals surface area contributed by atoms with E-state index in [-0.39, 0.29) is 29.2 Å². The van der Waals surface area contributed by atoms with Crippen molar-refractivity contribution >= 4 is 27.3 Å². The Balaban J connectivity index is 1.70. The third kappa shape index (κ3) is 4.75. The smallest absolute Gasteiger partial charge is 0.257 e. The van der Waals surface area contributed by atoms with E-state index in [1.165, 1.54) is 22.5 Å². The van der Waals surface area contributed by atoms with E-state index in [1.807, 2.05) is 4.90 Å². The zero-order valence-corrected chi connectivity index (χ0v) is 18.0. The van der Waals surface area contributed by atoms with Crippen LogP contribution in [0.25, 0.3) is 0 Å². The maximum absolute atomic E-state index is 13.6. The van der Waals surface area contributed by atoms with E-state index in [1.54, 1.807) is 6.07 Å². The van der Waals surface area contributed by atoms with E-state index in [0.717, 1.165) is 12.1 Å². The number of carbonyl (C=O) groups excluding carboxylic acids is 1. The lowest BCUT2D eigenvalue weighted by Gasteiger charge is -2.31. The van der Waals surface area contributed by atoms with Crippen molar-refractivity contribution in [3.05, 3.63) is 53.6 Å². The van der Waals surface area contributed by atoms with Crippen LogP contribution in [0, 0.1) is 11.6 Å². The number of nitrogens with zero attached hydrogens (tertiary/aromatic N) is 2. The molecule has 0 unspecified atom stereocenters. The molecule has 2 saturated heterocycles. The summed E-state index contributed by atoms with van der Waals surface area (Å²) in [6.07, 6.45) is 0. The van der Waals surface area contributed by atoms with Gasteiger partial charge in [-0.2, -0.15) is 4.31 Å². The van der Waals surface area contributed by atoms with Crippen LogP contribution < -0.4 is 10.2 Å². The Morgan fingerprint density at radius 2 is 1.53 bits per heavy atom. The first-order valence-corrected chi connectivity index (χ1v) is 11.6. The largest absolute Gasteiger partial charge is 0.379 e. The Morgan fingerprint density at radius 1 is 0.875 bits per heavy atom. The fourth-order valence-electron chi connectivity index (χ4n) is 3.65. The number of morpholine rings is 2. The summed E-state index contributed by atoms with van der Waals surface area (Å²) in [6.45, 7) is 3.05.